The Labute approximate surface area is 163 Å². The second-order valence-corrected chi connectivity index (χ2v) is 6.12. The van der Waals surface area contributed by atoms with Gasteiger partial charge in [-0.3, -0.25) is 14.2 Å². The van der Waals surface area contributed by atoms with Gasteiger partial charge in [0.15, 0.2) is 0 Å². The zero-order chi connectivity index (χ0) is 20.2. The van der Waals surface area contributed by atoms with Crippen LogP contribution in [0.1, 0.15) is 5.76 Å². The van der Waals surface area contributed by atoms with Crippen LogP contribution in [0.15, 0.2) is 74.6 Å². The predicted octanol–water partition coefficient (Wildman–Crippen LogP) is 2.61. The van der Waals surface area contributed by atoms with Gasteiger partial charge in [-0.15, -0.1) is 0 Å². The quantitative estimate of drug-likeness (QED) is 0.539. The van der Waals surface area contributed by atoms with Gasteiger partial charge in [0.1, 0.15) is 23.8 Å². The Hall–Kier alpha value is -4.01. The molecule has 0 aliphatic heterocycles. The molecule has 0 saturated carbocycles. The maximum atomic E-state index is 13.4. The van der Waals surface area contributed by atoms with Gasteiger partial charge in [-0.1, -0.05) is 23.4 Å². The van der Waals surface area contributed by atoms with Crippen LogP contribution in [-0.2, 0) is 17.9 Å². The van der Waals surface area contributed by atoms with Crippen LogP contribution >= 0.6 is 0 Å². The Morgan fingerprint density at radius 1 is 1.14 bits per heavy atom. The van der Waals surface area contributed by atoms with Crippen LogP contribution in [0.25, 0.3) is 23.0 Å². The summed E-state index contributed by atoms with van der Waals surface area (Å²) in [6.45, 7) is -0.0412. The second kappa shape index (κ2) is 7.93. The molecule has 0 bridgehead atoms. The summed E-state index contributed by atoms with van der Waals surface area (Å²) in [5.74, 6) is -0.0134. The zero-order valence-electron chi connectivity index (χ0n) is 15.0. The summed E-state index contributed by atoms with van der Waals surface area (Å²) >= 11 is 0. The van der Waals surface area contributed by atoms with Crippen molar-refractivity contribution in [3.8, 4) is 23.0 Å². The first-order valence-electron chi connectivity index (χ1n) is 8.69. The SMILES string of the molecule is O=C(Cn1c(-c2nc(-c3cccc(F)c3)no2)cccc1=O)NCc1ccco1. The van der Waals surface area contributed by atoms with E-state index < -0.39 is 11.4 Å². The molecule has 9 heteroatoms. The lowest BCUT2D eigenvalue weighted by molar-refractivity contribution is -0.121. The van der Waals surface area contributed by atoms with Crippen molar-refractivity contribution in [1.82, 2.24) is 20.0 Å². The minimum atomic E-state index is -0.432. The highest BCUT2D eigenvalue weighted by molar-refractivity contribution is 5.76. The largest absolute Gasteiger partial charge is 0.467 e. The molecule has 0 fully saturated rings. The molecule has 0 unspecified atom stereocenters. The smallest absolute Gasteiger partial charge is 0.274 e. The van der Waals surface area contributed by atoms with E-state index in [0.29, 0.717) is 11.3 Å². The van der Waals surface area contributed by atoms with Crippen LogP contribution in [0.2, 0.25) is 0 Å². The molecule has 1 N–H and O–H groups in total. The summed E-state index contributed by atoms with van der Waals surface area (Å²) in [6.07, 6.45) is 1.51. The molecule has 0 spiro atoms. The molecule has 3 aromatic heterocycles. The molecule has 0 saturated heterocycles. The Bertz CT molecular complexity index is 1200. The van der Waals surface area contributed by atoms with E-state index in [9.17, 15) is 14.0 Å². The number of carbonyl (C=O) groups excluding carboxylic acids is 1. The summed E-state index contributed by atoms with van der Waals surface area (Å²) in [7, 11) is 0. The van der Waals surface area contributed by atoms with Gasteiger partial charge in [0.25, 0.3) is 11.4 Å². The lowest BCUT2D eigenvalue weighted by Gasteiger charge is -2.09. The standard InChI is InChI=1S/C20H15FN4O4/c21-14-5-1-4-13(10-14)19-23-20(29-24-19)16-7-2-8-18(27)25(16)12-17(26)22-11-15-6-3-9-28-15/h1-10H,11-12H2,(H,22,26). The molecular weight excluding hydrogens is 379 g/mol. The van der Waals surface area contributed by atoms with Gasteiger partial charge in [0.05, 0.1) is 12.8 Å². The van der Waals surface area contributed by atoms with Crippen molar-refractivity contribution < 1.29 is 18.1 Å². The molecule has 4 rings (SSSR count). The van der Waals surface area contributed by atoms with Crippen LogP contribution < -0.4 is 10.9 Å². The molecule has 0 atom stereocenters. The lowest BCUT2D eigenvalue weighted by atomic mass is 10.2. The van der Waals surface area contributed by atoms with E-state index in [1.54, 1.807) is 24.3 Å². The highest BCUT2D eigenvalue weighted by Crippen LogP contribution is 2.22. The molecule has 8 nitrogen and oxygen atoms in total. The van der Waals surface area contributed by atoms with Crippen LogP contribution in [0, 0.1) is 5.82 Å². The van der Waals surface area contributed by atoms with E-state index in [0.717, 1.165) is 0 Å². The van der Waals surface area contributed by atoms with Crippen LogP contribution in [0.4, 0.5) is 4.39 Å². The number of furan rings is 1. The Kier molecular flexibility index (Phi) is 5.02. The minimum absolute atomic E-state index is 0.0424. The molecule has 146 valence electrons. The summed E-state index contributed by atoms with van der Waals surface area (Å²) in [5.41, 5.74) is 0.308. The maximum absolute atomic E-state index is 13.4. The summed E-state index contributed by atoms with van der Waals surface area (Å²) < 4.78 is 25.1. The van der Waals surface area contributed by atoms with E-state index in [1.165, 1.54) is 41.2 Å². The predicted molar refractivity (Wildman–Crippen MR) is 99.9 cm³/mol. The molecule has 1 amide bonds. The van der Waals surface area contributed by atoms with Crippen LogP contribution in [0.5, 0.6) is 0 Å². The average molecular weight is 394 g/mol. The van der Waals surface area contributed by atoms with E-state index >= 15 is 0 Å². The monoisotopic (exact) mass is 394 g/mol. The van der Waals surface area contributed by atoms with Gasteiger partial charge >= 0.3 is 0 Å². The van der Waals surface area contributed by atoms with Gasteiger partial charge < -0.3 is 14.3 Å². The van der Waals surface area contributed by atoms with Crippen molar-refractivity contribution in [2.45, 2.75) is 13.1 Å². The van der Waals surface area contributed by atoms with Crippen molar-refractivity contribution in [3.63, 3.8) is 0 Å². The number of aromatic nitrogens is 3. The molecule has 29 heavy (non-hydrogen) atoms. The number of nitrogens with zero attached hydrogens (tertiary/aromatic N) is 3. The summed E-state index contributed by atoms with van der Waals surface area (Å²) in [5, 5.41) is 6.52. The zero-order valence-corrected chi connectivity index (χ0v) is 15.0. The fraction of sp³-hybridized carbons (Fsp3) is 0.100. The molecule has 4 aromatic rings. The summed E-state index contributed by atoms with van der Waals surface area (Å²) in [6, 6.07) is 13.6. The molecule has 1 aromatic carbocycles. The fourth-order valence-corrected chi connectivity index (χ4v) is 2.74. The highest BCUT2D eigenvalue weighted by Gasteiger charge is 2.17. The highest BCUT2D eigenvalue weighted by atomic mass is 19.1. The van der Waals surface area contributed by atoms with Gasteiger partial charge in [0.2, 0.25) is 11.7 Å². The second-order valence-electron chi connectivity index (χ2n) is 6.12. The van der Waals surface area contributed by atoms with E-state index in [-0.39, 0.29) is 36.4 Å². The average Bonchev–Trinajstić information content (AvgIpc) is 3.40. The van der Waals surface area contributed by atoms with Crippen molar-refractivity contribution in [2.75, 3.05) is 0 Å². The van der Waals surface area contributed by atoms with Crippen molar-refractivity contribution in [2.24, 2.45) is 0 Å². The number of carbonyl (C=O) groups is 1. The normalized spacial score (nSPS) is 10.8. The number of pyridine rings is 1. The number of amides is 1. The van der Waals surface area contributed by atoms with Gasteiger partial charge in [-0.2, -0.15) is 4.98 Å². The Morgan fingerprint density at radius 2 is 2.00 bits per heavy atom. The lowest BCUT2D eigenvalue weighted by Crippen LogP contribution is -2.32. The Morgan fingerprint density at radius 3 is 2.79 bits per heavy atom. The van der Waals surface area contributed by atoms with E-state index in [2.05, 4.69) is 15.5 Å². The maximum Gasteiger partial charge on any atom is 0.274 e. The third-order valence-corrected chi connectivity index (χ3v) is 4.12. The van der Waals surface area contributed by atoms with Crippen LogP contribution in [0.3, 0.4) is 0 Å². The topological polar surface area (TPSA) is 103 Å². The molecule has 0 radical (unpaired) electrons. The van der Waals surface area contributed by atoms with Crippen molar-refractivity contribution in [1.29, 1.82) is 0 Å². The number of hydrogen-bond donors (Lipinski definition) is 1. The molecule has 3 heterocycles. The van der Waals surface area contributed by atoms with Gasteiger partial charge in [-0.05, 0) is 30.3 Å². The fourth-order valence-electron chi connectivity index (χ4n) is 2.74. The number of benzene rings is 1. The number of halogens is 1. The van der Waals surface area contributed by atoms with Crippen molar-refractivity contribution in [3.05, 3.63) is 82.8 Å². The number of rotatable bonds is 6. The van der Waals surface area contributed by atoms with E-state index in [1.807, 2.05) is 0 Å². The van der Waals surface area contributed by atoms with Gasteiger partial charge in [0, 0.05) is 11.6 Å². The first-order valence-corrected chi connectivity index (χ1v) is 8.69. The van der Waals surface area contributed by atoms with E-state index in [4.69, 9.17) is 8.94 Å². The third kappa shape index (κ3) is 4.13. The summed E-state index contributed by atoms with van der Waals surface area (Å²) in [4.78, 5) is 28.9. The van der Waals surface area contributed by atoms with Gasteiger partial charge in [-0.25, -0.2) is 4.39 Å². The third-order valence-electron chi connectivity index (χ3n) is 4.12. The first-order chi connectivity index (χ1) is 14.1. The Balaban J connectivity index is 1.58. The number of nitrogens with one attached hydrogen (secondary N) is 1. The first kappa shape index (κ1) is 18.4. The molecular formula is C20H15FN4O4. The van der Waals surface area contributed by atoms with Crippen molar-refractivity contribution >= 4 is 5.91 Å². The number of hydrogen-bond acceptors (Lipinski definition) is 6. The minimum Gasteiger partial charge on any atom is -0.467 e. The molecule has 0 aliphatic carbocycles. The van der Waals surface area contributed by atoms with Crippen LogP contribution in [-0.4, -0.2) is 20.6 Å². The molecule has 0 aliphatic rings.